The summed E-state index contributed by atoms with van der Waals surface area (Å²) in [6, 6.07) is 12.2. The number of ether oxygens (including phenoxy) is 1. The molecule has 1 fully saturated rings. The van der Waals surface area contributed by atoms with Crippen molar-refractivity contribution in [3.63, 3.8) is 0 Å². The number of amides is 1. The van der Waals surface area contributed by atoms with Crippen molar-refractivity contribution >= 4 is 75.1 Å². The van der Waals surface area contributed by atoms with Gasteiger partial charge >= 0.3 is 5.97 Å². The Morgan fingerprint density at radius 1 is 1.18 bits per heavy atom. The quantitative estimate of drug-likeness (QED) is 0.205. The summed E-state index contributed by atoms with van der Waals surface area (Å²) in [5, 5.41) is 0.167. The van der Waals surface area contributed by atoms with Crippen LogP contribution in [-0.4, -0.2) is 22.8 Å². The lowest BCUT2D eigenvalue weighted by Crippen LogP contribution is -2.27. The van der Waals surface area contributed by atoms with Crippen LogP contribution in [0, 0.1) is 5.82 Å². The number of hydrogen-bond acceptors (Lipinski definition) is 6. The minimum absolute atomic E-state index is 0.105. The summed E-state index contributed by atoms with van der Waals surface area (Å²) in [4.78, 5) is 26.6. The predicted octanol–water partition coefficient (Wildman–Crippen LogP) is 6.98. The maximum absolute atomic E-state index is 13.5. The molecule has 3 aromatic rings. The SMILES string of the molecule is CCOC(=O)c1cc(-c2ccc(/C=C3/SC(=S)N(c4ccc(F)c(Cl)c4)C3=O)o2)ccc1Cl. The van der Waals surface area contributed by atoms with Gasteiger partial charge in [-0.25, -0.2) is 9.18 Å². The highest BCUT2D eigenvalue weighted by Gasteiger charge is 2.34. The first-order chi connectivity index (χ1) is 15.8. The lowest BCUT2D eigenvalue weighted by atomic mass is 10.1. The molecule has 1 aliphatic heterocycles. The molecule has 0 spiro atoms. The van der Waals surface area contributed by atoms with Gasteiger partial charge in [0, 0.05) is 11.6 Å². The van der Waals surface area contributed by atoms with Gasteiger partial charge in [-0.1, -0.05) is 47.2 Å². The number of carbonyl (C=O) groups excluding carboxylic acids is 2. The van der Waals surface area contributed by atoms with Crippen molar-refractivity contribution in [3.8, 4) is 11.3 Å². The van der Waals surface area contributed by atoms with Gasteiger partial charge in [-0.3, -0.25) is 9.69 Å². The molecule has 2 heterocycles. The molecule has 4 rings (SSSR count). The number of thioether (sulfide) groups is 1. The van der Waals surface area contributed by atoms with Gasteiger partial charge in [-0.15, -0.1) is 0 Å². The number of benzene rings is 2. The van der Waals surface area contributed by atoms with Gasteiger partial charge in [0.25, 0.3) is 5.91 Å². The third-order valence-corrected chi connectivity index (χ3v) is 6.52. The van der Waals surface area contributed by atoms with E-state index in [2.05, 4.69) is 0 Å². The minimum Gasteiger partial charge on any atom is -0.462 e. The van der Waals surface area contributed by atoms with Crippen LogP contribution in [0.2, 0.25) is 10.0 Å². The zero-order valence-electron chi connectivity index (χ0n) is 16.9. The van der Waals surface area contributed by atoms with E-state index in [1.165, 1.54) is 23.1 Å². The van der Waals surface area contributed by atoms with Crippen molar-refractivity contribution in [1.29, 1.82) is 0 Å². The first-order valence-corrected chi connectivity index (χ1v) is 11.6. The second-order valence-corrected chi connectivity index (χ2v) is 9.22. The van der Waals surface area contributed by atoms with Crippen LogP contribution in [-0.2, 0) is 9.53 Å². The molecule has 1 aromatic heterocycles. The van der Waals surface area contributed by atoms with Crippen LogP contribution >= 0.6 is 47.2 Å². The zero-order chi connectivity index (χ0) is 23.7. The lowest BCUT2D eigenvalue weighted by Gasteiger charge is -2.14. The first-order valence-electron chi connectivity index (χ1n) is 9.58. The van der Waals surface area contributed by atoms with Crippen LogP contribution in [0.4, 0.5) is 10.1 Å². The molecule has 1 amide bonds. The number of thiocarbonyl (C=S) groups is 1. The molecule has 2 aromatic carbocycles. The van der Waals surface area contributed by atoms with E-state index in [1.807, 2.05) is 0 Å². The second kappa shape index (κ2) is 9.69. The molecular weight excluding hydrogens is 508 g/mol. The Kier molecular flexibility index (Phi) is 6.90. The molecule has 0 unspecified atom stereocenters. The largest absolute Gasteiger partial charge is 0.462 e. The average molecular weight is 522 g/mol. The zero-order valence-corrected chi connectivity index (χ0v) is 20.1. The first kappa shape index (κ1) is 23.5. The average Bonchev–Trinajstić information content (AvgIpc) is 3.35. The molecule has 168 valence electrons. The number of rotatable bonds is 5. The van der Waals surface area contributed by atoms with Crippen molar-refractivity contribution < 1.29 is 23.1 Å². The predicted molar refractivity (Wildman–Crippen MR) is 132 cm³/mol. The minimum atomic E-state index is -0.585. The van der Waals surface area contributed by atoms with Gasteiger partial charge in [0.2, 0.25) is 0 Å². The molecule has 10 heteroatoms. The molecule has 0 bridgehead atoms. The van der Waals surface area contributed by atoms with Gasteiger partial charge in [0.15, 0.2) is 4.32 Å². The normalized spacial score (nSPS) is 14.9. The van der Waals surface area contributed by atoms with E-state index >= 15 is 0 Å². The Hall–Kier alpha value is -2.65. The van der Waals surface area contributed by atoms with E-state index in [-0.39, 0.29) is 32.4 Å². The number of hydrogen-bond donors (Lipinski definition) is 0. The molecular formula is C23H14Cl2FNO4S2. The van der Waals surface area contributed by atoms with Crippen LogP contribution in [0.5, 0.6) is 0 Å². The fourth-order valence-electron chi connectivity index (χ4n) is 3.07. The van der Waals surface area contributed by atoms with Crippen LogP contribution in [0.1, 0.15) is 23.0 Å². The van der Waals surface area contributed by atoms with Crippen molar-refractivity contribution in [1.82, 2.24) is 0 Å². The number of esters is 1. The summed E-state index contributed by atoms with van der Waals surface area (Å²) >= 11 is 18.4. The van der Waals surface area contributed by atoms with E-state index in [0.29, 0.717) is 27.7 Å². The van der Waals surface area contributed by atoms with Crippen LogP contribution in [0.25, 0.3) is 17.4 Å². The van der Waals surface area contributed by atoms with E-state index in [0.717, 1.165) is 11.8 Å². The van der Waals surface area contributed by atoms with Gasteiger partial charge in [0.05, 0.1) is 32.8 Å². The Morgan fingerprint density at radius 2 is 1.97 bits per heavy atom. The lowest BCUT2D eigenvalue weighted by molar-refractivity contribution is -0.113. The molecule has 1 aliphatic rings. The maximum atomic E-state index is 13.5. The summed E-state index contributed by atoms with van der Waals surface area (Å²) in [6.45, 7) is 1.94. The molecule has 0 atom stereocenters. The fraction of sp³-hybridized carbons (Fsp3) is 0.0870. The van der Waals surface area contributed by atoms with E-state index < -0.39 is 11.8 Å². The Bertz CT molecular complexity index is 1320. The van der Waals surface area contributed by atoms with Gasteiger partial charge < -0.3 is 9.15 Å². The topological polar surface area (TPSA) is 59.8 Å². The van der Waals surface area contributed by atoms with E-state index in [9.17, 15) is 14.0 Å². The molecule has 33 heavy (non-hydrogen) atoms. The Labute approximate surface area is 208 Å². The maximum Gasteiger partial charge on any atom is 0.339 e. The number of nitrogens with zero attached hydrogens (tertiary/aromatic N) is 1. The highest BCUT2D eigenvalue weighted by Crippen LogP contribution is 2.38. The van der Waals surface area contributed by atoms with Gasteiger partial charge in [-0.05, 0) is 55.5 Å². The van der Waals surface area contributed by atoms with Crippen molar-refractivity contribution in [2.45, 2.75) is 6.92 Å². The van der Waals surface area contributed by atoms with Crippen LogP contribution < -0.4 is 4.90 Å². The van der Waals surface area contributed by atoms with Crippen molar-refractivity contribution in [2.75, 3.05) is 11.5 Å². The number of carbonyl (C=O) groups is 2. The van der Waals surface area contributed by atoms with Crippen LogP contribution in [0.3, 0.4) is 0 Å². The van der Waals surface area contributed by atoms with Crippen molar-refractivity contribution in [3.05, 3.63) is 80.6 Å². The molecule has 0 saturated carbocycles. The van der Waals surface area contributed by atoms with E-state index in [1.54, 1.807) is 43.3 Å². The second-order valence-electron chi connectivity index (χ2n) is 6.73. The third-order valence-electron chi connectivity index (χ3n) is 4.60. The van der Waals surface area contributed by atoms with Crippen molar-refractivity contribution in [2.24, 2.45) is 0 Å². The molecule has 0 aliphatic carbocycles. The summed E-state index contributed by atoms with van der Waals surface area (Å²) in [5.41, 5.74) is 1.23. The fourth-order valence-corrected chi connectivity index (χ4v) is 4.72. The van der Waals surface area contributed by atoms with Gasteiger partial charge in [-0.2, -0.15) is 0 Å². The molecule has 0 N–H and O–H groups in total. The number of anilines is 1. The summed E-state index contributed by atoms with van der Waals surface area (Å²) in [6.07, 6.45) is 1.57. The van der Waals surface area contributed by atoms with Crippen LogP contribution in [0.15, 0.2) is 57.9 Å². The Balaban J connectivity index is 1.60. The Morgan fingerprint density at radius 3 is 2.70 bits per heavy atom. The summed E-state index contributed by atoms with van der Waals surface area (Å²) < 4.78 is 24.7. The monoisotopic (exact) mass is 521 g/mol. The van der Waals surface area contributed by atoms with Gasteiger partial charge in [0.1, 0.15) is 17.3 Å². The highest BCUT2D eigenvalue weighted by molar-refractivity contribution is 8.27. The van der Waals surface area contributed by atoms with E-state index in [4.69, 9.17) is 44.6 Å². The molecule has 1 saturated heterocycles. The molecule has 0 radical (unpaired) electrons. The summed E-state index contributed by atoms with van der Waals surface area (Å²) in [5.74, 6) is -0.597. The standard InChI is InChI=1S/C23H14Cl2FNO4S2/c1-2-30-22(29)15-9-12(3-6-16(15)24)19-8-5-14(31-19)11-20-21(28)27(23(32)33-20)13-4-7-18(26)17(25)10-13/h3-11H,2H2,1H3/b20-11+. The number of furan rings is 1. The number of halogens is 3. The summed E-state index contributed by atoms with van der Waals surface area (Å²) in [7, 11) is 0. The smallest absolute Gasteiger partial charge is 0.339 e. The highest BCUT2D eigenvalue weighted by atomic mass is 35.5. The third kappa shape index (κ3) is 4.84. The molecule has 5 nitrogen and oxygen atoms in total.